The van der Waals surface area contributed by atoms with Gasteiger partial charge >= 0.3 is 0 Å². The largest absolute Gasteiger partial charge is 0.375 e. The minimum atomic E-state index is -0.377. The lowest BCUT2D eigenvalue weighted by Gasteiger charge is -2.03. The van der Waals surface area contributed by atoms with Gasteiger partial charge in [0.15, 0.2) is 5.13 Å². The van der Waals surface area contributed by atoms with E-state index in [1.165, 1.54) is 12.1 Å². The van der Waals surface area contributed by atoms with Crippen molar-refractivity contribution in [2.24, 2.45) is 5.73 Å². The number of nitrogen functional groups attached to an aromatic ring is 1. The second-order valence-corrected chi connectivity index (χ2v) is 4.82. The van der Waals surface area contributed by atoms with Gasteiger partial charge in [-0.1, -0.05) is 23.5 Å². The Hall–Kier alpha value is -1.99. The van der Waals surface area contributed by atoms with Gasteiger partial charge in [-0.2, -0.15) is 0 Å². The van der Waals surface area contributed by atoms with Crippen LogP contribution in [-0.2, 0) is 0 Å². The molecule has 0 spiro atoms. The second-order valence-electron chi connectivity index (χ2n) is 3.78. The van der Waals surface area contributed by atoms with Crippen molar-refractivity contribution >= 4 is 22.4 Å². The van der Waals surface area contributed by atoms with Gasteiger partial charge in [-0.15, -0.1) is 0 Å². The molecule has 0 aliphatic heterocycles. The number of aromatic nitrogens is 1. The molecule has 0 saturated carbocycles. The highest BCUT2D eigenvalue weighted by Crippen LogP contribution is 2.31. The number of thiazole rings is 1. The number of carbonyl (C=O) groups is 1. The molecule has 0 bridgehead atoms. The van der Waals surface area contributed by atoms with Crippen molar-refractivity contribution in [1.29, 1.82) is 0 Å². The van der Waals surface area contributed by atoms with Crippen LogP contribution in [0.15, 0.2) is 24.3 Å². The fourth-order valence-electron chi connectivity index (χ4n) is 1.59. The summed E-state index contributed by atoms with van der Waals surface area (Å²) >= 11 is 1.15. The third kappa shape index (κ3) is 3.07. The first-order valence-electron chi connectivity index (χ1n) is 5.62. The fourth-order valence-corrected chi connectivity index (χ4v) is 2.41. The Balaban J connectivity index is 2.38. The molecular formula is C12H13FN4OS. The lowest BCUT2D eigenvalue weighted by molar-refractivity contribution is 0.0951. The average molecular weight is 280 g/mol. The number of nitrogens with zero attached hydrogens (tertiary/aromatic N) is 1. The molecule has 1 heterocycles. The lowest BCUT2D eigenvalue weighted by Crippen LogP contribution is -2.29. The zero-order valence-corrected chi connectivity index (χ0v) is 10.8. The van der Waals surface area contributed by atoms with Gasteiger partial charge in [-0.25, -0.2) is 9.37 Å². The lowest BCUT2D eigenvalue weighted by atomic mass is 10.1. The fraction of sp³-hybridized carbons (Fsp3) is 0.167. The van der Waals surface area contributed by atoms with Crippen molar-refractivity contribution in [3.05, 3.63) is 35.8 Å². The molecule has 100 valence electrons. The highest BCUT2D eigenvalue weighted by molar-refractivity contribution is 7.19. The third-order valence-electron chi connectivity index (χ3n) is 2.38. The van der Waals surface area contributed by atoms with E-state index in [2.05, 4.69) is 10.3 Å². The van der Waals surface area contributed by atoms with Crippen LogP contribution < -0.4 is 16.8 Å². The summed E-state index contributed by atoms with van der Waals surface area (Å²) in [5, 5.41) is 2.88. The standard InChI is InChI=1S/C12H13FN4OS/c13-8-3-1-2-7(6-8)10-9(17-12(15)19-10)11(18)16-5-4-14/h1-3,6H,4-5,14H2,(H2,15,17)(H,16,18). The number of nitrogens with two attached hydrogens (primary N) is 2. The maximum Gasteiger partial charge on any atom is 0.271 e. The van der Waals surface area contributed by atoms with E-state index in [1.54, 1.807) is 12.1 Å². The van der Waals surface area contributed by atoms with Crippen molar-refractivity contribution < 1.29 is 9.18 Å². The van der Waals surface area contributed by atoms with Crippen LogP contribution >= 0.6 is 11.3 Å². The van der Waals surface area contributed by atoms with E-state index in [0.29, 0.717) is 23.5 Å². The van der Waals surface area contributed by atoms with Gasteiger partial charge in [0, 0.05) is 13.1 Å². The number of amides is 1. The normalized spacial score (nSPS) is 10.4. The van der Waals surface area contributed by atoms with Crippen LogP contribution in [0.3, 0.4) is 0 Å². The van der Waals surface area contributed by atoms with Crippen LogP contribution in [0.4, 0.5) is 9.52 Å². The number of carbonyl (C=O) groups excluding carboxylic acids is 1. The third-order valence-corrected chi connectivity index (χ3v) is 3.31. The summed E-state index contributed by atoms with van der Waals surface area (Å²) in [7, 11) is 0. The Bertz CT molecular complexity index is 599. The number of hydrogen-bond acceptors (Lipinski definition) is 5. The molecule has 19 heavy (non-hydrogen) atoms. The molecule has 5 N–H and O–H groups in total. The Morgan fingerprint density at radius 2 is 2.26 bits per heavy atom. The quantitative estimate of drug-likeness (QED) is 0.785. The first-order chi connectivity index (χ1) is 9.11. The molecule has 0 fully saturated rings. The Morgan fingerprint density at radius 3 is 2.95 bits per heavy atom. The smallest absolute Gasteiger partial charge is 0.271 e. The molecule has 1 aromatic carbocycles. The maximum absolute atomic E-state index is 13.2. The maximum atomic E-state index is 13.2. The van der Waals surface area contributed by atoms with E-state index in [1.807, 2.05) is 0 Å². The summed E-state index contributed by atoms with van der Waals surface area (Å²) in [6.45, 7) is 0.680. The molecule has 1 aromatic heterocycles. The van der Waals surface area contributed by atoms with Crippen LogP contribution in [0, 0.1) is 5.82 Å². The van der Waals surface area contributed by atoms with Crippen LogP contribution in [0.1, 0.15) is 10.5 Å². The van der Waals surface area contributed by atoms with Gasteiger partial charge in [0.25, 0.3) is 5.91 Å². The highest BCUT2D eigenvalue weighted by atomic mass is 32.1. The summed E-state index contributed by atoms with van der Waals surface area (Å²) in [5.74, 6) is -0.740. The summed E-state index contributed by atoms with van der Waals surface area (Å²) in [6, 6.07) is 5.95. The number of hydrogen-bond donors (Lipinski definition) is 3. The molecular weight excluding hydrogens is 267 g/mol. The SMILES string of the molecule is NCCNC(=O)c1nc(N)sc1-c1cccc(F)c1. The van der Waals surface area contributed by atoms with Gasteiger partial charge in [0.1, 0.15) is 11.5 Å². The highest BCUT2D eigenvalue weighted by Gasteiger charge is 2.18. The molecule has 7 heteroatoms. The van der Waals surface area contributed by atoms with E-state index in [-0.39, 0.29) is 22.5 Å². The number of nitrogens with one attached hydrogen (secondary N) is 1. The van der Waals surface area contributed by atoms with Crippen molar-refractivity contribution in [2.45, 2.75) is 0 Å². The van der Waals surface area contributed by atoms with Crippen molar-refractivity contribution in [2.75, 3.05) is 18.8 Å². The Morgan fingerprint density at radius 1 is 1.47 bits per heavy atom. The van der Waals surface area contributed by atoms with Gasteiger partial charge < -0.3 is 16.8 Å². The number of benzene rings is 1. The molecule has 0 atom stereocenters. The Labute approximate surface area is 113 Å². The Kier molecular flexibility index (Phi) is 4.08. The van der Waals surface area contributed by atoms with Crippen LogP contribution in [-0.4, -0.2) is 24.0 Å². The monoisotopic (exact) mass is 280 g/mol. The van der Waals surface area contributed by atoms with Crippen LogP contribution in [0.5, 0.6) is 0 Å². The van der Waals surface area contributed by atoms with E-state index in [9.17, 15) is 9.18 Å². The van der Waals surface area contributed by atoms with Crippen molar-refractivity contribution in [3.8, 4) is 10.4 Å². The number of rotatable bonds is 4. The zero-order valence-electron chi connectivity index (χ0n) is 10.0. The number of halogens is 1. The summed E-state index contributed by atoms with van der Waals surface area (Å²) < 4.78 is 13.2. The van der Waals surface area contributed by atoms with Gasteiger partial charge in [-0.05, 0) is 17.7 Å². The first kappa shape index (κ1) is 13.4. The van der Waals surface area contributed by atoms with Crippen LogP contribution in [0.25, 0.3) is 10.4 Å². The van der Waals surface area contributed by atoms with Gasteiger partial charge in [0.2, 0.25) is 0 Å². The molecule has 0 aliphatic carbocycles. The van der Waals surface area contributed by atoms with Gasteiger partial charge in [0.05, 0.1) is 4.88 Å². The van der Waals surface area contributed by atoms with E-state index in [0.717, 1.165) is 11.3 Å². The van der Waals surface area contributed by atoms with Crippen molar-refractivity contribution in [3.63, 3.8) is 0 Å². The molecule has 0 unspecified atom stereocenters. The average Bonchev–Trinajstić information content (AvgIpc) is 2.78. The number of anilines is 1. The van der Waals surface area contributed by atoms with Crippen LogP contribution in [0.2, 0.25) is 0 Å². The van der Waals surface area contributed by atoms with Crippen molar-refractivity contribution in [1.82, 2.24) is 10.3 Å². The molecule has 1 amide bonds. The predicted molar refractivity (Wildman–Crippen MR) is 73.3 cm³/mol. The molecule has 0 saturated heterocycles. The summed E-state index contributed by atoms with van der Waals surface area (Å²) in [4.78, 5) is 16.5. The zero-order chi connectivity index (χ0) is 13.8. The summed E-state index contributed by atoms with van der Waals surface area (Å²) in [5.41, 5.74) is 11.7. The molecule has 2 aromatic rings. The minimum absolute atomic E-state index is 0.196. The van der Waals surface area contributed by atoms with Gasteiger partial charge in [-0.3, -0.25) is 4.79 Å². The molecule has 2 rings (SSSR count). The topological polar surface area (TPSA) is 94.0 Å². The summed E-state index contributed by atoms with van der Waals surface area (Å²) in [6.07, 6.45) is 0. The van der Waals surface area contributed by atoms with E-state index >= 15 is 0 Å². The minimum Gasteiger partial charge on any atom is -0.375 e. The van der Waals surface area contributed by atoms with E-state index in [4.69, 9.17) is 11.5 Å². The first-order valence-corrected chi connectivity index (χ1v) is 6.44. The second kappa shape index (κ2) is 5.77. The van der Waals surface area contributed by atoms with E-state index < -0.39 is 0 Å². The molecule has 0 aliphatic rings. The molecule has 5 nitrogen and oxygen atoms in total. The predicted octanol–water partition coefficient (Wildman–Crippen LogP) is 1.22. The molecule has 0 radical (unpaired) electrons.